The zero-order valence-electron chi connectivity index (χ0n) is 24.1. The van der Waals surface area contributed by atoms with Crippen molar-refractivity contribution in [3.8, 4) is 0 Å². The second-order valence-electron chi connectivity index (χ2n) is 10.1. The van der Waals surface area contributed by atoms with Crippen LogP contribution in [0.3, 0.4) is 0 Å². The van der Waals surface area contributed by atoms with E-state index in [1.165, 1.54) is 15.3 Å². The number of aryl methyl sites for hydroxylation is 1. The van der Waals surface area contributed by atoms with Crippen LogP contribution in [0, 0.1) is 5.82 Å². The number of nitrogens with zero attached hydrogens (tertiary/aromatic N) is 2. The van der Waals surface area contributed by atoms with Gasteiger partial charge in [0.15, 0.2) is 0 Å². The van der Waals surface area contributed by atoms with Gasteiger partial charge < -0.3 is 10.2 Å². The van der Waals surface area contributed by atoms with Gasteiger partial charge in [-0.05, 0) is 48.6 Å². The quantitative estimate of drug-likeness (QED) is 0.271. The van der Waals surface area contributed by atoms with Crippen molar-refractivity contribution in [3.05, 3.63) is 101 Å². The van der Waals surface area contributed by atoms with Crippen LogP contribution in [0.15, 0.2) is 78.9 Å². The van der Waals surface area contributed by atoms with E-state index in [-0.39, 0.29) is 44.2 Å². The van der Waals surface area contributed by atoms with E-state index in [4.69, 9.17) is 0 Å². The van der Waals surface area contributed by atoms with Crippen LogP contribution in [0.4, 0.5) is 10.1 Å². The summed E-state index contributed by atoms with van der Waals surface area (Å²) in [7, 11) is -3.60. The molecule has 9 heteroatoms. The largest absolute Gasteiger partial charge is 0.354 e. The topological polar surface area (TPSA) is 86.8 Å². The van der Waals surface area contributed by atoms with Crippen LogP contribution in [0.25, 0.3) is 0 Å². The van der Waals surface area contributed by atoms with Crippen molar-refractivity contribution in [2.45, 2.75) is 58.5 Å². The van der Waals surface area contributed by atoms with Crippen LogP contribution in [0.1, 0.15) is 49.8 Å². The van der Waals surface area contributed by atoms with Gasteiger partial charge in [0.1, 0.15) is 11.9 Å². The maximum absolute atomic E-state index is 14.7. The van der Waals surface area contributed by atoms with Gasteiger partial charge in [-0.2, -0.15) is 0 Å². The molecular weight excluding hydrogens is 541 g/mol. The predicted molar refractivity (Wildman–Crippen MR) is 161 cm³/mol. The van der Waals surface area contributed by atoms with Gasteiger partial charge >= 0.3 is 0 Å². The predicted octanol–water partition coefficient (Wildman–Crippen LogP) is 5.10. The zero-order chi connectivity index (χ0) is 29.8. The highest BCUT2D eigenvalue weighted by Crippen LogP contribution is 2.21. The van der Waals surface area contributed by atoms with Gasteiger partial charge in [-0.25, -0.2) is 12.8 Å². The molecule has 0 saturated heterocycles. The van der Waals surface area contributed by atoms with Crippen molar-refractivity contribution in [2.75, 3.05) is 23.7 Å². The van der Waals surface area contributed by atoms with E-state index in [9.17, 15) is 22.4 Å². The Labute approximate surface area is 243 Å². The molecule has 3 aromatic rings. The van der Waals surface area contributed by atoms with Crippen LogP contribution in [-0.2, 0) is 39.0 Å². The molecule has 0 saturated carbocycles. The molecule has 0 bridgehead atoms. The molecule has 0 aliphatic rings. The number of carbonyl (C=O) groups excluding carboxylic acids is 2. The first-order valence-electron chi connectivity index (χ1n) is 14.0. The molecule has 220 valence electrons. The van der Waals surface area contributed by atoms with Gasteiger partial charge in [0.25, 0.3) is 0 Å². The van der Waals surface area contributed by atoms with Gasteiger partial charge in [-0.15, -0.1) is 0 Å². The van der Waals surface area contributed by atoms with E-state index in [0.717, 1.165) is 30.2 Å². The minimum Gasteiger partial charge on any atom is -0.354 e. The third-order valence-corrected chi connectivity index (χ3v) is 8.10. The minimum absolute atomic E-state index is 0.0140. The summed E-state index contributed by atoms with van der Waals surface area (Å²) >= 11 is 0. The van der Waals surface area contributed by atoms with Crippen molar-refractivity contribution >= 4 is 27.5 Å². The van der Waals surface area contributed by atoms with Gasteiger partial charge in [-0.3, -0.25) is 13.9 Å². The average Bonchev–Trinajstić information content (AvgIpc) is 2.96. The standard InChI is InChI=1S/C32H40FN3O4S/c1-4-21-34-32(38)30(23-26-12-7-6-8-13-26)35(24-27-14-9-10-15-29(27)33)31(37)16-11-22-36(41(3,39)40)28-19-17-25(5-2)18-20-28/h6-10,12-15,17-20,30H,4-5,11,16,21-24H2,1-3H3,(H,34,38)/t30-/m1/s1. The lowest BCUT2D eigenvalue weighted by Crippen LogP contribution is -2.50. The Morgan fingerprint density at radius 1 is 0.902 bits per heavy atom. The third-order valence-electron chi connectivity index (χ3n) is 6.90. The zero-order valence-corrected chi connectivity index (χ0v) is 24.9. The van der Waals surface area contributed by atoms with E-state index in [1.54, 1.807) is 30.3 Å². The Hall–Kier alpha value is -3.72. The molecule has 1 atom stereocenters. The summed E-state index contributed by atoms with van der Waals surface area (Å²) in [6, 6.07) is 22.0. The number of hydrogen-bond donors (Lipinski definition) is 1. The number of amides is 2. The molecule has 1 N–H and O–H groups in total. The van der Waals surface area contributed by atoms with Gasteiger partial charge in [-0.1, -0.05) is 74.5 Å². The Morgan fingerprint density at radius 3 is 2.17 bits per heavy atom. The monoisotopic (exact) mass is 581 g/mol. The highest BCUT2D eigenvalue weighted by atomic mass is 32.2. The number of halogens is 1. The van der Waals surface area contributed by atoms with E-state index in [2.05, 4.69) is 5.32 Å². The first-order chi connectivity index (χ1) is 19.6. The molecule has 2 amide bonds. The van der Waals surface area contributed by atoms with Gasteiger partial charge in [0.05, 0.1) is 11.9 Å². The smallest absolute Gasteiger partial charge is 0.243 e. The fraction of sp³-hybridized carbons (Fsp3) is 0.375. The summed E-state index contributed by atoms with van der Waals surface area (Å²) in [6.45, 7) is 4.42. The van der Waals surface area contributed by atoms with E-state index < -0.39 is 21.9 Å². The first-order valence-corrected chi connectivity index (χ1v) is 15.9. The van der Waals surface area contributed by atoms with E-state index >= 15 is 0 Å². The fourth-order valence-corrected chi connectivity index (χ4v) is 5.60. The van der Waals surface area contributed by atoms with Crippen LogP contribution in [0.2, 0.25) is 0 Å². The van der Waals surface area contributed by atoms with Crippen LogP contribution >= 0.6 is 0 Å². The van der Waals surface area contributed by atoms with Crippen LogP contribution < -0.4 is 9.62 Å². The molecule has 7 nitrogen and oxygen atoms in total. The molecule has 0 unspecified atom stereocenters. The second-order valence-corrected chi connectivity index (χ2v) is 12.0. The summed E-state index contributed by atoms with van der Waals surface area (Å²) in [5, 5.41) is 2.90. The summed E-state index contributed by atoms with van der Waals surface area (Å²) in [6.07, 6.45) is 3.17. The van der Waals surface area contributed by atoms with Crippen LogP contribution in [0.5, 0.6) is 0 Å². The average molecular weight is 582 g/mol. The fourth-order valence-electron chi connectivity index (χ4n) is 4.63. The van der Waals surface area contributed by atoms with E-state index in [0.29, 0.717) is 17.8 Å². The van der Waals surface area contributed by atoms with Crippen molar-refractivity contribution < 1.29 is 22.4 Å². The van der Waals surface area contributed by atoms with Crippen LogP contribution in [-0.4, -0.2) is 50.5 Å². The first kappa shape index (κ1) is 31.8. The third kappa shape index (κ3) is 9.42. The number of carbonyl (C=O) groups is 2. The molecule has 0 spiro atoms. The molecule has 0 aliphatic carbocycles. The number of hydrogen-bond acceptors (Lipinski definition) is 4. The Balaban J connectivity index is 1.87. The Kier molecular flexibility index (Phi) is 11.9. The van der Waals surface area contributed by atoms with Gasteiger partial charge in [0, 0.05) is 38.0 Å². The number of benzene rings is 3. The number of sulfonamides is 1. The lowest BCUT2D eigenvalue weighted by atomic mass is 10.0. The van der Waals surface area contributed by atoms with Crippen molar-refractivity contribution in [3.63, 3.8) is 0 Å². The second kappa shape index (κ2) is 15.3. The summed E-state index contributed by atoms with van der Waals surface area (Å²) in [5.74, 6) is -1.12. The minimum atomic E-state index is -3.60. The summed E-state index contributed by atoms with van der Waals surface area (Å²) < 4.78 is 41.2. The molecule has 0 radical (unpaired) electrons. The summed E-state index contributed by atoms with van der Waals surface area (Å²) in [4.78, 5) is 28.6. The maximum atomic E-state index is 14.7. The molecule has 3 aromatic carbocycles. The number of anilines is 1. The highest BCUT2D eigenvalue weighted by molar-refractivity contribution is 7.92. The molecule has 0 aliphatic heterocycles. The lowest BCUT2D eigenvalue weighted by molar-refractivity contribution is -0.141. The Morgan fingerprint density at radius 2 is 1.56 bits per heavy atom. The SMILES string of the molecule is CCCNC(=O)[C@@H](Cc1ccccc1)N(Cc1ccccc1F)C(=O)CCCN(c1ccc(CC)cc1)S(C)(=O)=O. The number of nitrogens with one attached hydrogen (secondary N) is 1. The van der Waals surface area contributed by atoms with Crippen molar-refractivity contribution in [1.82, 2.24) is 10.2 Å². The maximum Gasteiger partial charge on any atom is 0.243 e. The lowest BCUT2D eigenvalue weighted by Gasteiger charge is -2.32. The normalized spacial score (nSPS) is 12.0. The molecule has 41 heavy (non-hydrogen) atoms. The van der Waals surface area contributed by atoms with Crippen molar-refractivity contribution in [2.24, 2.45) is 0 Å². The summed E-state index contributed by atoms with van der Waals surface area (Å²) in [5.41, 5.74) is 2.79. The van der Waals surface area contributed by atoms with Crippen molar-refractivity contribution in [1.29, 1.82) is 0 Å². The number of rotatable bonds is 15. The molecule has 3 rings (SSSR count). The Bertz CT molecular complexity index is 1380. The molecule has 0 fully saturated rings. The molecule has 0 aromatic heterocycles. The highest BCUT2D eigenvalue weighted by Gasteiger charge is 2.31. The van der Waals surface area contributed by atoms with E-state index in [1.807, 2.05) is 56.3 Å². The van der Waals surface area contributed by atoms with Gasteiger partial charge in [0.2, 0.25) is 21.8 Å². The molecular formula is C32H40FN3O4S. The molecule has 0 heterocycles.